The summed E-state index contributed by atoms with van der Waals surface area (Å²) in [5, 5.41) is 3.21. The number of benzene rings is 1. The number of pyridine rings is 1. The lowest BCUT2D eigenvalue weighted by Gasteiger charge is -2.01. The number of nitrogens with zero attached hydrogens (tertiary/aromatic N) is 5. The average Bonchev–Trinajstić information content (AvgIpc) is 3.08. The molecule has 22 heavy (non-hydrogen) atoms. The second kappa shape index (κ2) is 4.49. The Morgan fingerprint density at radius 1 is 1.18 bits per heavy atom. The Hall–Kier alpha value is -3.02. The molecule has 4 rings (SSSR count). The normalized spacial score (nSPS) is 11.4. The van der Waals surface area contributed by atoms with Crippen LogP contribution in [0.2, 0.25) is 0 Å². The van der Waals surface area contributed by atoms with Crippen molar-refractivity contribution in [1.29, 1.82) is 0 Å². The maximum atomic E-state index is 11.4. The molecule has 3 heterocycles. The van der Waals surface area contributed by atoms with Crippen LogP contribution in [-0.2, 0) is 7.05 Å². The molecule has 1 aromatic carbocycles. The molecule has 6 nitrogen and oxygen atoms in total. The van der Waals surface area contributed by atoms with Crippen LogP contribution in [0, 0.1) is 11.8 Å². The number of hydrogen-bond donors (Lipinski definition) is 0. The largest absolute Gasteiger partial charge is 0.334 e. The molecule has 4 aromatic rings. The fraction of sp³-hybridized carbons (Fsp3) is 0.125. The summed E-state index contributed by atoms with van der Waals surface area (Å²) in [6, 6.07) is 11.6. The van der Waals surface area contributed by atoms with Crippen molar-refractivity contribution in [2.24, 2.45) is 12.2 Å². The Morgan fingerprint density at radius 3 is 2.86 bits per heavy atom. The molecular formula is C16H13N5O. The Balaban J connectivity index is 2.03. The number of aromatic nitrogens is 4. The van der Waals surface area contributed by atoms with E-state index >= 15 is 0 Å². The Labute approximate surface area is 126 Å². The van der Waals surface area contributed by atoms with Gasteiger partial charge in [-0.25, -0.2) is 9.97 Å². The van der Waals surface area contributed by atoms with Crippen LogP contribution >= 0.6 is 0 Å². The minimum Gasteiger partial charge on any atom is -0.334 e. The Kier molecular flexibility index (Phi) is 2.59. The fourth-order valence-corrected chi connectivity index (χ4v) is 2.80. The van der Waals surface area contributed by atoms with Gasteiger partial charge in [0.15, 0.2) is 0 Å². The van der Waals surface area contributed by atoms with Gasteiger partial charge < -0.3 is 4.57 Å². The molecule has 0 saturated heterocycles. The molecule has 0 bridgehead atoms. The van der Waals surface area contributed by atoms with E-state index in [0.29, 0.717) is 17.2 Å². The smallest absolute Gasteiger partial charge is 0.209 e. The van der Waals surface area contributed by atoms with Crippen LogP contribution in [0.15, 0.2) is 47.9 Å². The maximum Gasteiger partial charge on any atom is 0.209 e. The quantitative estimate of drug-likeness (QED) is 0.530. The van der Waals surface area contributed by atoms with E-state index < -0.39 is 0 Å². The molecule has 108 valence electrons. The second-order valence-electron chi connectivity index (χ2n) is 5.30. The van der Waals surface area contributed by atoms with Crippen LogP contribution in [0.3, 0.4) is 0 Å². The van der Waals surface area contributed by atoms with E-state index in [1.165, 1.54) is 0 Å². The summed E-state index contributed by atoms with van der Waals surface area (Å²) >= 11 is 0. The van der Waals surface area contributed by atoms with Crippen molar-refractivity contribution in [1.82, 2.24) is 18.9 Å². The molecule has 0 aliphatic carbocycles. The highest BCUT2D eigenvalue weighted by Crippen LogP contribution is 2.33. The summed E-state index contributed by atoms with van der Waals surface area (Å²) in [4.78, 5) is 20.3. The highest BCUT2D eigenvalue weighted by Gasteiger charge is 2.16. The van der Waals surface area contributed by atoms with Gasteiger partial charge >= 0.3 is 0 Å². The molecule has 6 heteroatoms. The number of imidazole rings is 2. The molecule has 0 fully saturated rings. The molecule has 0 unspecified atom stereocenters. The van der Waals surface area contributed by atoms with Crippen LogP contribution in [0.4, 0.5) is 5.82 Å². The number of hydrogen-bond acceptors (Lipinski definition) is 4. The predicted molar refractivity (Wildman–Crippen MR) is 85.1 cm³/mol. The van der Waals surface area contributed by atoms with Crippen LogP contribution in [0.1, 0.15) is 5.69 Å². The van der Waals surface area contributed by atoms with Crippen molar-refractivity contribution in [2.45, 2.75) is 6.92 Å². The summed E-state index contributed by atoms with van der Waals surface area (Å²) in [7, 11) is 1.95. The summed E-state index contributed by atoms with van der Waals surface area (Å²) in [6.45, 7) is 1.93. The van der Waals surface area contributed by atoms with E-state index in [1.54, 1.807) is 10.7 Å². The molecular weight excluding hydrogens is 278 g/mol. The standard InChI is InChI=1S/C16H13N5O/c1-10-4-3-5-14-18-15(16(19-22)21(10)14)11-6-7-13-12(8-11)17-9-20(13)2/h3-9H,1-2H3. The first-order chi connectivity index (χ1) is 10.7. The van der Waals surface area contributed by atoms with Gasteiger partial charge in [0.05, 0.1) is 17.4 Å². The third-order valence-corrected chi connectivity index (χ3v) is 3.90. The van der Waals surface area contributed by atoms with Crippen LogP contribution in [0.25, 0.3) is 27.9 Å². The summed E-state index contributed by atoms with van der Waals surface area (Å²) in [6.07, 6.45) is 1.77. The van der Waals surface area contributed by atoms with Gasteiger partial charge in [0.1, 0.15) is 11.3 Å². The maximum absolute atomic E-state index is 11.4. The van der Waals surface area contributed by atoms with Crippen LogP contribution in [-0.4, -0.2) is 18.9 Å². The molecule has 0 saturated carbocycles. The monoisotopic (exact) mass is 291 g/mol. The van der Waals surface area contributed by atoms with Crippen molar-refractivity contribution in [3.63, 3.8) is 0 Å². The molecule has 0 N–H and O–H groups in total. The fourth-order valence-electron chi connectivity index (χ4n) is 2.80. The minimum absolute atomic E-state index is 0.323. The van der Waals surface area contributed by atoms with Gasteiger partial charge in [-0.15, -0.1) is 4.91 Å². The van der Waals surface area contributed by atoms with Gasteiger partial charge in [0.2, 0.25) is 5.82 Å². The highest BCUT2D eigenvalue weighted by atomic mass is 16.3. The zero-order chi connectivity index (χ0) is 15.3. The first kappa shape index (κ1) is 12.7. The molecule has 0 aliphatic heterocycles. The highest BCUT2D eigenvalue weighted by molar-refractivity contribution is 5.84. The second-order valence-corrected chi connectivity index (χ2v) is 5.30. The van der Waals surface area contributed by atoms with Crippen molar-refractivity contribution in [2.75, 3.05) is 0 Å². The van der Waals surface area contributed by atoms with Crippen molar-refractivity contribution in [3.05, 3.63) is 53.3 Å². The minimum atomic E-state index is 0.323. The van der Waals surface area contributed by atoms with Gasteiger partial charge in [-0.3, -0.25) is 4.40 Å². The first-order valence-corrected chi connectivity index (χ1v) is 6.92. The number of rotatable bonds is 2. The summed E-state index contributed by atoms with van der Waals surface area (Å²) < 4.78 is 3.72. The van der Waals surface area contributed by atoms with E-state index in [4.69, 9.17) is 0 Å². The Bertz CT molecular complexity index is 1030. The van der Waals surface area contributed by atoms with E-state index in [1.807, 2.05) is 54.9 Å². The lowest BCUT2D eigenvalue weighted by atomic mass is 10.1. The zero-order valence-corrected chi connectivity index (χ0v) is 12.2. The van der Waals surface area contributed by atoms with E-state index in [-0.39, 0.29) is 0 Å². The van der Waals surface area contributed by atoms with Crippen molar-refractivity contribution < 1.29 is 0 Å². The van der Waals surface area contributed by atoms with E-state index in [0.717, 1.165) is 22.3 Å². The lowest BCUT2D eigenvalue weighted by molar-refractivity contribution is 0.948. The third kappa shape index (κ3) is 1.67. The lowest BCUT2D eigenvalue weighted by Crippen LogP contribution is -1.88. The van der Waals surface area contributed by atoms with E-state index in [2.05, 4.69) is 15.1 Å². The Morgan fingerprint density at radius 2 is 2.05 bits per heavy atom. The summed E-state index contributed by atoms with van der Waals surface area (Å²) in [5.74, 6) is 0.323. The van der Waals surface area contributed by atoms with Crippen molar-refractivity contribution in [3.8, 4) is 11.3 Å². The van der Waals surface area contributed by atoms with Gasteiger partial charge in [0, 0.05) is 18.3 Å². The third-order valence-electron chi connectivity index (χ3n) is 3.90. The molecule has 0 amide bonds. The molecule has 0 aliphatic rings. The SMILES string of the molecule is Cc1cccc2nc(-c3ccc4c(c3)ncn4C)c(N=O)n12. The number of fused-ring (bicyclic) bond motifs is 2. The molecule has 3 aromatic heterocycles. The molecule has 0 radical (unpaired) electrons. The predicted octanol–water partition coefficient (Wildman–Crippen LogP) is 3.59. The number of nitroso groups, excluding NO2 is 1. The zero-order valence-electron chi connectivity index (χ0n) is 12.2. The van der Waals surface area contributed by atoms with Gasteiger partial charge in [-0.05, 0) is 36.4 Å². The van der Waals surface area contributed by atoms with Crippen molar-refractivity contribution >= 4 is 22.5 Å². The number of aryl methyl sites for hydroxylation is 2. The topological polar surface area (TPSA) is 64.5 Å². The summed E-state index contributed by atoms with van der Waals surface area (Å²) in [5.41, 5.74) is 4.95. The first-order valence-electron chi connectivity index (χ1n) is 6.92. The van der Waals surface area contributed by atoms with Crippen LogP contribution in [0.5, 0.6) is 0 Å². The van der Waals surface area contributed by atoms with Gasteiger partial charge in [-0.1, -0.05) is 12.1 Å². The average molecular weight is 291 g/mol. The molecule has 0 spiro atoms. The van der Waals surface area contributed by atoms with E-state index in [9.17, 15) is 4.91 Å². The van der Waals surface area contributed by atoms with Gasteiger partial charge in [-0.2, -0.15) is 0 Å². The molecule has 0 atom stereocenters. The van der Waals surface area contributed by atoms with Gasteiger partial charge in [0.25, 0.3) is 0 Å². The van der Waals surface area contributed by atoms with Crippen LogP contribution < -0.4 is 0 Å².